The maximum absolute atomic E-state index is 13.3. The van der Waals surface area contributed by atoms with E-state index in [9.17, 15) is 26.0 Å². The lowest BCUT2D eigenvalue weighted by Gasteiger charge is -2.16. The van der Waals surface area contributed by atoms with E-state index in [0.717, 1.165) is 6.07 Å². The van der Waals surface area contributed by atoms with Gasteiger partial charge in [-0.25, -0.2) is 4.39 Å². The molecule has 29 heavy (non-hydrogen) atoms. The highest BCUT2D eigenvalue weighted by Crippen LogP contribution is 2.40. The third-order valence-corrected chi connectivity index (χ3v) is 8.69. The van der Waals surface area contributed by atoms with Crippen molar-refractivity contribution in [1.82, 2.24) is 0 Å². The largest absolute Gasteiger partial charge is 0.322 e. The lowest BCUT2D eigenvalue weighted by atomic mass is 10.2. The molecule has 0 unspecified atom stereocenters. The molecule has 0 radical (unpaired) electrons. The van der Waals surface area contributed by atoms with Gasteiger partial charge >= 0.3 is 0 Å². The number of rotatable bonds is 3. The Bertz CT molecular complexity index is 1280. The second kappa shape index (κ2) is 6.68. The molecule has 1 N–H and O–H groups in total. The Labute approximate surface area is 166 Å². The molecular formula is C19H13FN2O5S2. The minimum atomic E-state index is -4.27. The van der Waals surface area contributed by atoms with Crippen molar-refractivity contribution in [1.29, 1.82) is 0 Å². The Balaban J connectivity index is 1.64. The van der Waals surface area contributed by atoms with Crippen molar-refractivity contribution in [3.05, 3.63) is 84.2 Å². The van der Waals surface area contributed by atoms with E-state index in [4.69, 9.17) is 0 Å². The van der Waals surface area contributed by atoms with Gasteiger partial charge in [0.25, 0.3) is 26.0 Å². The molecule has 7 nitrogen and oxygen atoms in total. The van der Waals surface area contributed by atoms with Crippen molar-refractivity contribution in [2.24, 2.45) is 0 Å². The highest BCUT2D eigenvalue weighted by Gasteiger charge is 2.47. The van der Waals surface area contributed by atoms with Crippen LogP contribution in [0.1, 0.15) is 10.4 Å². The summed E-state index contributed by atoms with van der Waals surface area (Å²) >= 11 is 0. The topological polar surface area (TPSA) is 101 Å². The number of halogens is 1. The van der Waals surface area contributed by atoms with Crippen LogP contribution in [0.2, 0.25) is 0 Å². The second-order valence-electron chi connectivity index (χ2n) is 6.17. The van der Waals surface area contributed by atoms with Gasteiger partial charge in [-0.2, -0.15) is 20.5 Å². The van der Waals surface area contributed by atoms with Gasteiger partial charge in [-0.05, 0) is 54.6 Å². The molecule has 1 heterocycles. The van der Waals surface area contributed by atoms with Gasteiger partial charge in [0.2, 0.25) is 0 Å². The molecule has 0 spiro atoms. The van der Waals surface area contributed by atoms with E-state index >= 15 is 0 Å². The average molecular weight is 432 g/mol. The zero-order valence-electron chi connectivity index (χ0n) is 14.6. The van der Waals surface area contributed by atoms with Gasteiger partial charge in [-0.1, -0.05) is 18.2 Å². The zero-order chi connectivity index (χ0) is 20.8. The molecular weight excluding hydrogens is 419 g/mol. The van der Waals surface area contributed by atoms with Crippen LogP contribution in [0.15, 0.2) is 82.6 Å². The van der Waals surface area contributed by atoms with Gasteiger partial charge in [-0.15, -0.1) is 0 Å². The molecule has 0 atom stereocenters. The van der Waals surface area contributed by atoms with Crippen LogP contribution >= 0.6 is 0 Å². The molecule has 1 amide bonds. The molecule has 0 saturated heterocycles. The summed E-state index contributed by atoms with van der Waals surface area (Å²) in [5.74, 6) is -1.12. The molecule has 0 aliphatic carbocycles. The fourth-order valence-electron chi connectivity index (χ4n) is 2.96. The predicted molar refractivity (Wildman–Crippen MR) is 104 cm³/mol. The van der Waals surface area contributed by atoms with Gasteiger partial charge in [0.1, 0.15) is 15.6 Å². The van der Waals surface area contributed by atoms with Crippen molar-refractivity contribution in [2.45, 2.75) is 9.79 Å². The maximum atomic E-state index is 13.3. The summed E-state index contributed by atoms with van der Waals surface area (Å²) in [7, 11) is -8.55. The minimum absolute atomic E-state index is 0.0926. The van der Waals surface area contributed by atoms with Crippen LogP contribution in [0, 0.1) is 5.82 Å². The Morgan fingerprint density at radius 3 is 1.93 bits per heavy atom. The van der Waals surface area contributed by atoms with Crippen LogP contribution < -0.4 is 9.03 Å². The smallest absolute Gasteiger partial charge is 0.279 e. The number of sulfonamides is 2. The fraction of sp³-hybridized carbons (Fsp3) is 0. The normalized spacial score (nSPS) is 16.2. The summed E-state index contributed by atoms with van der Waals surface area (Å²) in [6, 6.07) is 15.7. The first kappa shape index (κ1) is 19.1. The number of hydrogen-bond donors (Lipinski definition) is 1. The van der Waals surface area contributed by atoms with Gasteiger partial charge in [0, 0.05) is 11.3 Å². The van der Waals surface area contributed by atoms with Crippen molar-refractivity contribution in [2.75, 3.05) is 9.03 Å². The molecule has 1 aliphatic rings. The number of benzene rings is 3. The van der Waals surface area contributed by atoms with E-state index in [-0.39, 0.29) is 26.7 Å². The van der Waals surface area contributed by atoms with Crippen molar-refractivity contribution >= 4 is 37.3 Å². The molecule has 4 rings (SSSR count). The Morgan fingerprint density at radius 2 is 1.38 bits per heavy atom. The van der Waals surface area contributed by atoms with Crippen molar-refractivity contribution < 1.29 is 26.0 Å². The first-order valence-corrected chi connectivity index (χ1v) is 11.2. The summed E-state index contributed by atoms with van der Waals surface area (Å²) in [5, 5.41) is 2.54. The summed E-state index contributed by atoms with van der Waals surface area (Å²) in [4.78, 5) is 11.6. The van der Waals surface area contributed by atoms with E-state index in [2.05, 4.69) is 5.32 Å². The van der Waals surface area contributed by atoms with Crippen molar-refractivity contribution in [3.8, 4) is 0 Å². The Hall–Kier alpha value is -3.24. The van der Waals surface area contributed by atoms with Crippen LogP contribution in [-0.4, -0.2) is 22.7 Å². The van der Waals surface area contributed by atoms with Gasteiger partial charge < -0.3 is 5.32 Å². The zero-order valence-corrected chi connectivity index (χ0v) is 16.2. The van der Waals surface area contributed by atoms with E-state index in [1.807, 2.05) is 0 Å². The van der Waals surface area contributed by atoms with Crippen LogP contribution in [0.4, 0.5) is 15.8 Å². The average Bonchev–Trinajstić information content (AvgIpc) is 2.85. The molecule has 0 saturated carbocycles. The first-order chi connectivity index (χ1) is 13.7. The summed E-state index contributed by atoms with van der Waals surface area (Å²) in [6.45, 7) is 0. The summed E-state index contributed by atoms with van der Waals surface area (Å²) in [6.07, 6.45) is 0. The fourth-order valence-corrected chi connectivity index (χ4v) is 7.41. The quantitative estimate of drug-likeness (QED) is 0.686. The lowest BCUT2D eigenvalue weighted by Crippen LogP contribution is -2.30. The van der Waals surface area contributed by atoms with Gasteiger partial charge in [-0.3, -0.25) is 4.79 Å². The third-order valence-electron chi connectivity index (χ3n) is 4.26. The molecule has 0 fully saturated rings. The van der Waals surface area contributed by atoms with E-state index in [1.54, 1.807) is 0 Å². The number of anilines is 2. The molecule has 10 heteroatoms. The number of nitrogens with zero attached hydrogens (tertiary/aromatic N) is 1. The standard InChI is InChI=1S/C19H13FN2O5S2/c20-14-5-3-4-13(12-14)19(23)21-15-8-10-16(11-9-15)22-28(24,25)17-6-1-2-7-18(17)29(22,26)27/h1-12H,(H,21,23). The third kappa shape index (κ3) is 3.15. The van der Waals surface area contributed by atoms with Crippen LogP contribution in [0.25, 0.3) is 0 Å². The molecule has 1 aliphatic heterocycles. The van der Waals surface area contributed by atoms with E-state index < -0.39 is 31.8 Å². The van der Waals surface area contributed by atoms with Crippen LogP contribution in [-0.2, 0) is 20.0 Å². The highest BCUT2D eigenvalue weighted by atomic mass is 32.3. The lowest BCUT2D eigenvalue weighted by molar-refractivity contribution is 0.102. The molecule has 0 bridgehead atoms. The van der Waals surface area contributed by atoms with Gasteiger partial charge in [0.05, 0.1) is 5.69 Å². The van der Waals surface area contributed by atoms with Crippen LogP contribution in [0.5, 0.6) is 0 Å². The number of carbonyl (C=O) groups is 1. The summed E-state index contributed by atoms with van der Waals surface area (Å²) in [5.41, 5.74) is 0.300. The number of nitrogens with one attached hydrogen (secondary N) is 1. The molecule has 3 aromatic carbocycles. The maximum Gasteiger partial charge on any atom is 0.279 e. The van der Waals surface area contributed by atoms with Gasteiger partial charge in [0.15, 0.2) is 0 Å². The second-order valence-corrected chi connectivity index (χ2v) is 9.91. The van der Waals surface area contributed by atoms with Crippen molar-refractivity contribution in [3.63, 3.8) is 0 Å². The summed E-state index contributed by atoms with van der Waals surface area (Å²) < 4.78 is 64.5. The molecule has 3 aromatic rings. The van der Waals surface area contributed by atoms with E-state index in [1.165, 1.54) is 66.7 Å². The number of fused-ring (bicyclic) bond motifs is 1. The monoisotopic (exact) mass is 432 g/mol. The Kier molecular flexibility index (Phi) is 4.39. The highest BCUT2D eigenvalue weighted by molar-refractivity contribution is 8.12. The molecule has 148 valence electrons. The number of carbonyl (C=O) groups excluding carboxylic acids is 1. The number of amides is 1. The minimum Gasteiger partial charge on any atom is -0.322 e. The molecule has 0 aromatic heterocycles. The van der Waals surface area contributed by atoms with Crippen LogP contribution in [0.3, 0.4) is 0 Å². The Morgan fingerprint density at radius 1 is 0.793 bits per heavy atom. The predicted octanol–water partition coefficient (Wildman–Crippen LogP) is 2.98. The van der Waals surface area contributed by atoms with E-state index in [0.29, 0.717) is 3.71 Å². The first-order valence-electron chi connectivity index (χ1n) is 8.28. The SMILES string of the molecule is O=C(Nc1ccc(N2S(=O)(=O)c3ccccc3S2(=O)=O)cc1)c1cccc(F)c1. The number of hydrogen-bond acceptors (Lipinski definition) is 5.